The SMILES string of the molecule is Cc1c(C)c2c(c(C)c1O)CCC(C)(C(=O)NCCNC(=O)CCCCN1C(=CC=CC=CC=CC3=[N+](CCCCC(=O)ON4C(=O)CCC4=O)c4ccc5c(S(=O)(=O)O)cc(S(=O)(=O)O)cc5c4C3(C)C)C(C)(C)c3c1ccc1c(S(=O)(=O)O)cc(S(=O)(=O)O)cc31)O2. The molecule has 4 amide bonds. The van der Waals surface area contributed by atoms with Gasteiger partial charge in [0.15, 0.2) is 11.3 Å². The fraction of sp³-hybridized carbons (Fsp3) is 0.385. The third-order valence-electron chi connectivity index (χ3n) is 17.9. The molecule has 1 atom stereocenters. The summed E-state index contributed by atoms with van der Waals surface area (Å²) in [6.45, 7) is 15.2. The van der Waals surface area contributed by atoms with Gasteiger partial charge in [-0.1, -0.05) is 50.3 Å². The Hall–Kier alpha value is -8.16. The molecule has 0 aliphatic carbocycles. The van der Waals surface area contributed by atoms with Crippen LogP contribution in [0, 0.1) is 20.8 Å². The topological polar surface area (TPSA) is 375 Å². The number of carbonyl (C=O) groups is 5. The summed E-state index contributed by atoms with van der Waals surface area (Å²) in [5, 5.41) is 17.0. The average Bonchev–Trinajstić information content (AvgIpc) is 1.52. The summed E-state index contributed by atoms with van der Waals surface area (Å²) >= 11 is 0. The highest BCUT2D eigenvalue weighted by Gasteiger charge is 2.47. The first-order chi connectivity index (χ1) is 43.8. The van der Waals surface area contributed by atoms with Crippen molar-refractivity contribution in [2.75, 3.05) is 31.1 Å². The number of imide groups is 1. The summed E-state index contributed by atoms with van der Waals surface area (Å²) < 4.78 is 150. The number of ether oxygens (including phenoxy) is 1. The number of hydrogen-bond donors (Lipinski definition) is 7. The predicted octanol–water partition coefficient (Wildman–Crippen LogP) is 8.30. The van der Waals surface area contributed by atoms with Gasteiger partial charge in [0.05, 0.1) is 15.2 Å². The van der Waals surface area contributed by atoms with Crippen molar-refractivity contribution in [2.24, 2.45) is 0 Å². The number of nitrogens with one attached hydrogen (secondary N) is 2. The van der Waals surface area contributed by atoms with E-state index in [0.29, 0.717) is 101 Å². The zero-order valence-electron chi connectivity index (χ0n) is 52.9. The predicted molar refractivity (Wildman–Crippen MR) is 346 cm³/mol. The van der Waals surface area contributed by atoms with E-state index in [1.807, 2.05) is 51.0 Å². The van der Waals surface area contributed by atoms with Crippen molar-refractivity contribution in [2.45, 2.75) is 156 Å². The minimum Gasteiger partial charge on any atom is -0.507 e. The van der Waals surface area contributed by atoms with Crippen LogP contribution in [-0.2, 0) is 86.5 Å². The summed E-state index contributed by atoms with van der Waals surface area (Å²) in [6, 6.07) is 9.71. The number of nitrogens with zero attached hydrogens (tertiary/aromatic N) is 3. The second-order valence-electron chi connectivity index (χ2n) is 24.9. The second-order valence-corrected chi connectivity index (χ2v) is 30.5. The number of amides is 4. The van der Waals surface area contributed by atoms with Gasteiger partial charge in [0, 0.05) is 109 Å². The number of aromatic hydroxyl groups is 1. The standard InChI is InChI=1S/C65H73N5O20S4/c1-38-39(2)61-43(40(3)60(38)75)28-29-65(8,89-61)62(76)67-31-30-66-54(71)20-14-16-32-68-48-24-22-44-46(34-41(91(77,78)79)36-50(44)93(83,84)85)58(48)63(4,5)52(68)18-12-10-9-11-13-19-53-64(6,7)59-47-35-42(92(80,81)82)37-51(94(86,87)88)45(47)23-25-49(59)69(53)33-17-15-21-57(74)90-70-55(72)26-27-56(70)73/h9-13,18-19,22-25,34-37H,14-17,20-21,26-33H2,1-8H3,(H6-,66,67,71,75,76,77,78,79,80,81,82,83,84,85,86,87,88)/p+1. The van der Waals surface area contributed by atoms with Crippen molar-refractivity contribution in [3.05, 3.63) is 130 Å². The van der Waals surface area contributed by atoms with E-state index < -0.39 is 94.3 Å². The molecule has 9 rings (SSSR count). The summed E-state index contributed by atoms with van der Waals surface area (Å²) in [7, 11) is -20.1. The highest BCUT2D eigenvalue weighted by Crippen LogP contribution is 2.53. The lowest BCUT2D eigenvalue weighted by atomic mass is 9.79. The Morgan fingerprint density at radius 1 is 0.638 bits per heavy atom. The van der Waals surface area contributed by atoms with E-state index in [4.69, 9.17) is 9.57 Å². The van der Waals surface area contributed by atoms with E-state index in [1.54, 1.807) is 68.5 Å². The number of fused-ring (bicyclic) bond motifs is 7. The van der Waals surface area contributed by atoms with Gasteiger partial charge < -0.3 is 30.2 Å². The normalized spacial score (nSPS) is 18.5. The molecule has 4 aliphatic rings. The maximum absolute atomic E-state index is 13.5. The number of unbranched alkanes of at least 4 members (excludes halogenated alkanes) is 2. The number of allylic oxidation sites excluding steroid dienone is 8. The first kappa shape index (κ1) is 70.2. The van der Waals surface area contributed by atoms with Gasteiger partial charge in [-0.3, -0.25) is 37.4 Å². The van der Waals surface area contributed by atoms with E-state index in [2.05, 4.69) is 10.6 Å². The highest BCUT2D eigenvalue weighted by molar-refractivity contribution is 7.87. The molecule has 0 saturated carbocycles. The van der Waals surface area contributed by atoms with Crippen LogP contribution in [-0.4, -0.2) is 134 Å². The maximum atomic E-state index is 13.5. The fourth-order valence-electron chi connectivity index (χ4n) is 12.9. The number of hydroxylamine groups is 2. The van der Waals surface area contributed by atoms with E-state index in [9.17, 15) is 81.0 Å². The number of phenolic OH excluding ortho intramolecular Hbond substituents is 1. The van der Waals surface area contributed by atoms with Crippen LogP contribution < -0.4 is 20.3 Å². The lowest BCUT2D eigenvalue weighted by molar-refractivity contribution is -0.438. The first-order valence-electron chi connectivity index (χ1n) is 30.2. The molecule has 94 heavy (non-hydrogen) atoms. The van der Waals surface area contributed by atoms with E-state index in [0.717, 1.165) is 28.8 Å². The molecule has 5 aromatic rings. The Morgan fingerprint density at radius 2 is 1.20 bits per heavy atom. The van der Waals surface area contributed by atoms with Gasteiger partial charge >= 0.3 is 5.97 Å². The third kappa shape index (κ3) is 14.0. The van der Waals surface area contributed by atoms with Crippen molar-refractivity contribution in [3.63, 3.8) is 0 Å². The van der Waals surface area contributed by atoms with Crippen molar-refractivity contribution < 1.29 is 95.1 Å². The smallest absolute Gasteiger partial charge is 0.333 e. The van der Waals surface area contributed by atoms with E-state index in [-0.39, 0.29) is 90.8 Å². The summed E-state index contributed by atoms with van der Waals surface area (Å²) in [5.41, 5.74) is 3.01. The molecule has 5 aromatic carbocycles. The van der Waals surface area contributed by atoms with Gasteiger partial charge in [-0.2, -0.15) is 38.2 Å². The number of phenols is 1. The third-order valence-corrected chi connectivity index (χ3v) is 21.3. The zero-order chi connectivity index (χ0) is 69.0. The molecule has 25 nitrogen and oxygen atoms in total. The van der Waals surface area contributed by atoms with Crippen LogP contribution >= 0.6 is 0 Å². The van der Waals surface area contributed by atoms with Crippen LogP contribution in [0.2, 0.25) is 0 Å². The van der Waals surface area contributed by atoms with E-state index >= 15 is 0 Å². The highest BCUT2D eigenvalue weighted by atomic mass is 32.2. The Balaban J connectivity index is 0.949. The minimum atomic E-state index is -5.04. The van der Waals surface area contributed by atoms with Crippen LogP contribution in [0.15, 0.2) is 116 Å². The number of hydrogen-bond acceptors (Lipinski definition) is 17. The molecule has 502 valence electrons. The molecular formula is C65H74N5O20S4+. The summed E-state index contributed by atoms with van der Waals surface area (Å²) in [5.74, 6) is -1.89. The van der Waals surface area contributed by atoms with Crippen LogP contribution in [0.4, 0.5) is 11.4 Å². The van der Waals surface area contributed by atoms with Crippen LogP contribution in [0.5, 0.6) is 11.5 Å². The van der Waals surface area contributed by atoms with E-state index in [1.165, 1.54) is 12.1 Å². The second kappa shape index (κ2) is 26.2. The van der Waals surface area contributed by atoms with Crippen molar-refractivity contribution >= 4 is 109 Å². The number of carbonyl (C=O) groups excluding carboxylic acids is 5. The maximum Gasteiger partial charge on any atom is 0.333 e. The lowest BCUT2D eigenvalue weighted by Crippen LogP contribution is -2.52. The van der Waals surface area contributed by atoms with Crippen molar-refractivity contribution in [1.82, 2.24) is 15.7 Å². The number of benzene rings is 5. The summed E-state index contributed by atoms with van der Waals surface area (Å²) in [4.78, 5) is 67.5. The molecular weight excluding hydrogens is 1300 g/mol. The molecule has 0 radical (unpaired) electrons. The molecule has 0 aromatic heterocycles. The fourth-order valence-corrected chi connectivity index (χ4v) is 15.6. The Kier molecular flexibility index (Phi) is 19.6. The van der Waals surface area contributed by atoms with Gasteiger partial charge in [0.1, 0.15) is 27.8 Å². The van der Waals surface area contributed by atoms with Crippen LogP contribution in [0.25, 0.3) is 21.5 Å². The largest absolute Gasteiger partial charge is 0.507 e. The van der Waals surface area contributed by atoms with Gasteiger partial charge in [-0.15, -0.1) is 5.06 Å². The minimum absolute atomic E-state index is 0.00729. The van der Waals surface area contributed by atoms with Gasteiger partial charge in [0.2, 0.25) is 11.6 Å². The Morgan fingerprint density at radius 3 is 1.81 bits per heavy atom. The number of rotatable bonds is 23. The molecule has 0 spiro atoms. The van der Waals surface area contributed by atoms with Crippen LogP contribution in [0.3, 0.4) is 0 Å². The van der Waals surface area contributed by atoms with Gasteiger partial charge in [0.25, 0.3) is 58.2 Å². The molecule has 1 saturated heterocycles. The first-order valence-corrected chi connectivity index (χ1v) is 35.9. The Bertz CT molecular complexity index is 4690. The monoisotopic (exact) mass is 1370 g/mol. The average molecular weight is 1370 g/mol. The Labute approximate surface area is 544 Å². The molecule has 29 heteroatoms. The molecule has 7 N–H and O–H groups in total. The molecule has 0 bridgehead atoms. The molecule has 4 heterocycles. The van der Waals surface area contributed by atoms with Gasteiger partial charge in [-0.05, 0) is 143 Å². The van der Waals surface area contributed by atoms with Crippen molar-refractivity contribution in [3.8, 4) is 11.5 Å². The quantitative estimate of drug-likeness (QED) is 0.0106. The van der Waals surface area contributed by atoms with Crippen molar-refractivity contribution in [1.29, 1.82) is 0 Å². The molecule has 4 aliphatic heterocycles. The number of anilines is 1. The molecule has 1 fully saturated rings. The molecule has 1 unspecified atom stereocenters. The lowest BCUT2D eigenvalue weighted by Gasteiger charge is -2.36. The van der Waals surface area contributed by atoms with Crippen LogP contribution in [0.1, 0.15) is 126 Å². The van der Waals surface area contributed by atoms with Gasteiger partial charge in [-0.25, -0.2) is 4.79 Å². The zero-order valence-corrected chi connectivity index (χ0v) is 56.2. The summed E-state index contributed by atoms with van der Waals surface area (Å²) in [6.07, 6.45) is 14.2.